The summed E-state index contributed by atoms with van der Waals surface area (Å²) in [5.74, 6) is 3.66. The molecular weight excluding hydrogens is 308 g/mol. The fourth-order valence-corrected chi connectivity index (χ4v) is 8.34. The fourth-order valence-electron chi connectivity index (χ4n) is 8.34. The highest BCUT2D eigenvalue weighted by molar-refractivity contribution is 5.82. The van der Waals surface area contributed by atoms with Crippen molar-refractivity contribution in [2.75, 3.05) is 0 Å². The topological polar surface area (TPSA) is 37.3 Å². The predicted molar refractivity (Wildman–Crippen MR) is 101 cm³/mol. The van der Waals surface area contributed by atoms with Crippen molar-refractivity contribution in [3.63, 3.8) is 0 Å². The van der Waals surface area contributed by atoms with E-state index >= 15 is 0 Å². The zero-order valence-corrected chi connectivity index (χ0v) is 16.8. The summed E-state index contributed by atoms with van der Waals surface area (Å²) in [5, 5.41) is 11.5. The van der Waals surface area contributed by atoms with E-state index in [-0.39, 0.29) is 11.3 Å². The number of carbonyl (C=O) groups excluding carboxylic acids is 1. The number of hydrogen-bond acceptors (Lipinski definition) is 2. The van der Waals surface area contributed by atoms with Gasteiger partial charge in [0.15, 0.2) is 0 Å². The molecule has 25 heavy (non-hydrogen) atoms. The van der Waals surface area contributed by atoms with Crippen molar-refractivity contribution in [1.29, 1.82) is 0 Å². The quantitative estimate of drug-likeness (QED) is 0.729. The minimum Gasteiger partial charge on any atom is -0.389 e. The van der Waals surface area contributed by atoms with Gasteiger partial charge in [-0.2, -0.15) is 0 Å². The Morgan fingerprint density at radius 1 is 1.08 bits per heavy atom. The number of hydrogen-bond donors (Lipinski definition) is 1. The molecular formula is C23H38O2. The Bertz CT molecular complexity index is 556. The summed E-state index contributed by atoms with van der Waals surface area (Å²) < 4.78 is 0. The van der Waals surface area contributed by atoms with Gasteiger partial charge in [-0.05, 0) is 85.9 Å². The number of fused-ring (bicyclic) bond motifs is 5. The van der Waals surface area contributed by atoms with Gasteiger partial charge in [-0.1, -0.05) is 34.1 Å². The average Bonchev–Trinajstić information content (AvgIpc) is 2.81. The molecule has 0 aliphatic heterocycles. The largest absolute Gasteiger partial charge is 0.389 e. The normalized spacial score (nSPS) is 55.4. The SMILES string of the molecule is CCC[C@]1(O)CCC2C3CCC4CC(=O)[C@H](C)C[C@]4(C)C3CC[C@@]21C. The highest BCUT2D eigenvalue weighted by atomic mass is 16.3. The molecule has 2 heteroatoms. The van der Waals surface area contributed by atoms with Crippen LogP contribution in [0.25, 0.3) is 0 Å². The lowest BCUT2D eigenvalue weighted by Gasteiger charge is -2.61. The van der Waals surface area contributed by atoms with E-state index in [1.165, 1.54) is 32.1 Å². The molecule has 0 spiro atoms. The Labute approximate surface area is 154 Å². The molecule has 4 fully saturated rings. The molecule has 8 atom stereocenters. The van der Waals surface area contributed by atoms with Crippen LogP contribution in [0.2, 0.25) is 0 Å². The van der Waals surface area contributed by atoms with E-state index < -0.39 is 5.60 Å². The monoisotopic (exact) mass is 346 g/mol. The van der Waals surface area contributed by atoms with Gasteiger partial charge in [0.05, 0.1) is 5.60 Å². The number of ketones is 1. The smallest absolute Gasteiger partial charge is 0.136 e. The maximum Gasteiger partial charge on any atom is 0.136 e. The van der Waals surface area contributed by atoms with Gasteiger partial charge in [0.25, 0.3) is 0 Å². The van der Waals surface area contributed by atoms with Gasteiger partial charge in [-0.25, -0.2) is 0 Å². The molecule has 1 N–H and O–H groups in total. The Kier molecular flexibility index (Phi) is 4.19. The van der Waals surface area contributed by atoms with E-state index in [0.29, 0.717) is 23.0 Å². The lowest BCUT2D eigenvalue weighted by Crippen LogP contribution is -2.57. The highest BCUT2D eigenvalue weighted by Gasteiger charge is 2.64. The van der Waals surface area contributed by atoms with E-state index in [2.05, 4.69) is 27.7 Å². The Balaban J connectivity index is 1.63. The lowest BCUT2D eigenvalue weighted by atomic mass is 9.43. The van der Waals surface area contributed by atoms with Crippen molar-refractivity contribution in [1.82, 2.24) is 0 Å². The zero-order valence-electron chi connectivity index (χ0n) is 16.8. The molecule has 0 amide bonds. The lowest BCUT2D eigenvalue weighted by molar-refractivity contribution is -0.162. The molecule has 0 aromatic carbocycles. The fraction of sp³-hybridized carbons (Fsp3) is 0.957. The summed E-state index contributed by atoms with van der Waals surface area (Å²) >= 11 is 0. The molecule has 0 aromatic rings. The minimum absolute atomic E-state index is 0.128. The first-order valence-electron chi connectivity index (χ1n) is 11.0. The maximum absolute atomic E-state index is 12.3. The Morgan fingerprint density at radius 2 is 1.80 bits per heavy atom. The molecule has 4 aliphatic rings. The van der Waals surface area contributed by atoms with Gasteiger partial charge in [-0.15, -0.1) is 0 Å². The Hall–Kier alpha value is -0.370. The molecule has 0 heterocycles. The van der Waals surface area contributed by atoms with Gasteiger partial charge in [0.2, 0.25) is 0 Å². The molecule has 2 nitrogen and oxygen atoms in total. The van der Waals surface area contributed by atoms with E-state index in [4.69, 9.17) is 0 Å². The van der Waals surface area contributed by atoms with Gasteiger partial charge in [-0.3, -0.25) is 4.79 Å². The molecule has 4 rings (SSSR count). The highest BCUT2D eigenvalue weighted by Crippen LogP contribution is 2.68. The van der Waals surface area contributed by atoms with Crippen LogP contribution in [0.5, 0.6) is 0 Å². The van der Waals surface area contributed by atoms with Crippen molar-refractivity contribution in [2.45, 2.75) is 97.5 Å². The standard InChI is InChI=1S/C23H38O2/c1-5-10-23(25)12-9-19-17-7-6-16-13-20(24)15(2)14-21(16,3)18(17)8-11-22(19,23)4/h15-19,25H,5-14H2,1-4H3/t15-,16?,17?,18?,19?,21+,22+,23+/m1/s1. The second-order valence-electron chi connectivity index (χ2n) is 10.7. The van der Waals surface area contributed by atoms with Crippen LogP contribution in [0.1, 0.15) is 91.9 Å². The first-order valence-corrected chi connectivity index (χ1v) is 11.0. The van der Waals surface area contributed by atoms with Gasteiger partial charge >= 0.3 is 0 Å². The van der Waals surface area contributed by atoms with Crippen LogP contribution in [-0.4, -0.2) is 16.5 Å². The summed E-state index contributed by atoms with van der Waals surface area (Å²) in [5.41, 5.74) is 0.0669. The van der Waals surface area contributed by atoms with Crippen LogP contribution in [0.15, 0.2) is 0 Å². The van der Waals surface area contributed by atoms with E-state index in [1.54, 1.807) is 0 Å². The van der Waals surface area contributed by atoms with Crippen LogP contribution in [0.3, 0.4) is 0 Å². The molecule has 0 saturated heterocycles. The average molecular weight is 347 g/mol. The molecule has 0 bridgehead atoms. The van der Waals surface area contributed by atoms with Gasteiger partial charge in [0, 0.05) is 12.3 Å². The first kappa shape index (κ1) is 18.0. The third kappa shape index (κ3) is 2.35. The summed E-state index contributed by atoms with van der Waals surface area (Å²) in [7, 11) is 0. The number of carbonyl (C=O) groups is 1. The Morgan fingerprint density at radius 3 is 2.52 bits per heavy atom. The van der Waals surface area contributed by atoms with Crippen LogP contribution in [0, 0.1) is 40.4 Å². The van der Waals surface area contributed by atoms with Crippen molar-refractivity contribution >= 4 is 5.78 Å². The predicted octanol–water partition coefficient (Wildman–Crippen LogP) is 5.38. The van der Waals surface area contributed by atoms with Crippen LogP contribution in [0.4, 0.5) is 0 Å². The van der Waals surface area contributed by atoms with Crippen LogP contribution in [-0.2, 0) is 4.79 Å². The second-order valence-corrected chi connectivity index (χ2v) is 10.7. The van der Waals surface area contributed by atoms with Crippen LogP contribution < -0.4 is 0 Å². The summed E-state index contributed by atoms with van der Waals surface area (Å²) in [6.45, 7) is 9.31. The van der Waals surface area contributed by atoms with E-state index in [1.807, 2.05) is 0 Å². The number of rotatable bonds is 2. The zero-order chi connectivity index (χ0) is 18.0. The second kappa shape index (κ2) is 5.81. The number of aliphatic hydroxyl groups is 1. The summed E-state index contributed by atoms with van der Waals surface area (Å²) in [4.78, 5) is 12.3. The molecule has 142 valence electrons. The van der Waals surface area contributed by atoms with Gasteiger partial charge in [0.1, 0.15) is 5.78 Å². The summed E-state index contributed by atoms with van der Waals surface area (Å²) in [6, 6.07) is 0. The van der Waals surface area contributed by atoms with Crippen LogP contribution >= 0.6 is 0 Å². The first-order chi connectivity index (χ1) is 11.7. The number of Topliss-reactive ketones (excluding diaryl/α,β-unsaturated/α-hetero) is 1. The van der Waals surface area contributed by atoms with Crippen molar-refractivity contribution < 1.29 is 9.90 Å². The van der Waals surface area contributed by atoms with Crippen molar-refractivity contribution in [3.05, 3.63) is 0 Å². The third-order valence-corrected chi connectivity index (χ3v) is 9.79. The van der Waals surface area contributed by atoms with E-state index in [0.717, 1.165) is 43.9 Å². The molecule has 4 aliphatic carbocycles. The van der Waals surface area contributed by atoms with Gasteiger partial charge < -0.3 is 5.11 Å². The molecule has 0 aromatic heterocycles. The molecule has 4 saturated carbocycles. The summed E-state index contributed by atoms with van der Waals surface area (Å²) in [6.07, 6.45) is 11.3. The molecule has 0 radical (unpaired) electrons. The maximum atomic E-state index is 12.3. The van der Waals surface area contributed by atoms with Crippen molar-refractivity contribution in [2.24, 2.45) is 40.4 Å². The molecule has 4 unspecified atom stereocenters. The van der Waals surface area contributed by atoms with Crippen molar-refractivity contribution in [3.8, 4) is 0 Å². The third-order valence-electron chi connectivity index (χ3n) is 9.79. The minimum atomic E-state index is -0.426. The van der Waals surface area contributed by atoms with E-state index in [9.17, 15) is 9.90 Å².